The Bertz CT molecular complexity index is 695. The smallest absolute Gasteiger partial charge is 0.253 e. The lowest BCUT2D eigenvalue weighted by atomic mass is 10.0. The average Bonchev–Trinajstić information content (AvgIpc) is 2.48. The van der Waals surface area contributed by atoms with E-state index >= 15 is 0 Å². The fraction of sp³-hybridized carbons (Fsp3) is 0.200. The van der Waals surface area contributed by atoms with Gasteiger partial charge in [-0.1, -0.05) is 12.1 Å². The van der Waals surface area contributed by atoms with E-state index < -0.39 is 0 Å². The van der Waals surface area contributed by atoms with Crippen LogP contribution < -0.4 is 5.32 Å². The zero-order chi connectivity index (χ0) is 14.8. The van der Waals surface area contributed by atoms with Crippen molar-refractivity contribution in [1.29, 1.82) is 0 Å². The molecule has 2 aromatic rings. The van der Waals surface area contributed by atoms with Gasteiger partial charge in [0.2, 0.25) is 0 Å². The van der Waals surface area contributed by atoms with E-state index in [9.17, 15) is 9.18 Å². The maximum atomic E-state index is 13.8. The second kappa shape index (κ2) is 6.15. The highest BCUT2D eigenvalue weighted by Gasteiger charge is 2.24. The molecule has 0 aliphatic carbocycles. The quantitative estimate of drug-likeness (QED) is 0.874. The molecule has 0 bridgehead atoms. The lowest BCUT2D eigenvalue weighted by Gasteiger charge is -2.26. The average molecular weight is 367 g/mol. The van der Waals surface area contributed by atoms with Crippen LogP contribution in [0.2, 0.25) is 0 Å². The fourth-order valence-corrected chi connectivity index (χ4v) is 3.82. The Hall–Kier alpha value is -1.40. The number of hydrogen-bond acceptors (Lipinski definition) is 3. The third kappa shape index (κ3) is 3.11. The molecule has 21 heavy (non-hydrogen) atoms. The Balaban J connectivity index is 1.84. The van der Waals surface area contributed by atoms with Gasteiger partial charge >= 0.3 is 0 Å². The topological polar surface area (TPSA) is 42.0 Å². The molecule has 0 spiro atoms. The minimum absolute atomic E-state index is 0.163. The number of rotatable bonds is 2. The number of fused-ring (bicyclic) bond motifs is 1. The van der Waals surface area contributed by atoms with E-state index in [1.807, 2.05) is 6.07 Å². The predicted octanol–water partition coefficient (Wildman–Crippen LogP) is 3.95. The minimum Gasteiger partial charge on any atom is -0.345 e. The lowest BCUT2D eigenvalue weighted by Crippen LogP contribution is -2.31. The SMILES string of the molecule is O=C(N[C@@H]1CCSc2c(F)cccc21)c1cncc(Br)c1. The van der Waals surface area contributed by atoms with Crippen LogP contribution in [0.1, 0.15) is 28.4 Å². The third-order valence-corrected chi connectivity index (χ3v) is 4.89. The molecule has 108 valence electrons. The first-order chi connectivity index (χ1) is 10.1. The van der Waals surface area contributed by atoms with Crippen LogP contribution in [0.5, 0.6) is 0 Å². The number of carbonyl (C=O) groups excluding carboxylic acids is 1. The normalized spacial score (nSPS) is 17.1. The third-order valence-electron chi connectivity index (χ3n) is 3.30. The summed E-state index contributed by atoms with van der Waals surface area (Å²) in [5, 5.41) is 2.97. The summed E-state index contributed by atoms with van der Waals surface area (Å²) in [6, 6.07) is 6.55. The molecule has 1 aliphatic rings. The fourth-order valence-electron chi connectivity index (χ4n) is 2.31. The van der Waals surface area contributed by atoms with Crippen LogP contribution in [0.25, 0.3) is 0 Å². The van der Waals surface area contributed by atoms with Crippen molar-refractivity contribution in [1.82, 2.24) is 10.3 Å². The van der Waals surface area contributed by atoms with E-state index in [0.29, 0.717) is 10.5 Å². The molecule has 1 aromatic heterocycles. The van der Waals surface area contributed by atoms with E-state index in [2.05, 4.69) is 26.2 Å². The Labute approximate surface area is 134 Å². The molecule has 1 amide bonds. The molecule has 1 aromatic carbocycles. The van der Waals surface area contributed by atoms with Crippen LogP contribution in [0.3, 0.4) is 0 Å². The largest absolute Gasteiger partial charge is 0.345 e. The number of benzene rings is 1. The Morgan fingerprint density at radius 1 is 1.43 bits per heavy atom. The molecule has 0 saturated carbocycles. The number of halogens is 2. The molecule has 0 radical (unpaired) electrons. The maximum Gasteiger partial charge on any atom is 0.253 e. The molecule has 1 atom stereocenters. The van der Waals surface area contributed by atoms with E-state index in [-0.39, 0.29) is 17.8 Å². The summed E-state index contributed by atoms with van der Waals surface area (Å²) in [4.78, 5) is 16.9. The van der Waals surface area contributed by atoms with Gasteiger partial charge in [-0.25, -0.2) is 4.39 Å². The van der Waals surface area contributed by atoms with Crippen molar-refractivity contribution in [2.24, 2.45) is 0 Å². The summed E-state index contributed by atoms with van der Waals surface area (Å²) in [5.41, 5.74) is 1.34. The number of hydrogen-bond donors (Lipinski definition) is 1. The standard InChI is InChI=1S/C15H12BrFN2OS/c16-10-6-9(7-18-8-10)15(20)19-13-4-5-21-14-11(13)2-1-3-12(14)17/h1-3,6-8,13H,4-5H2,(H,19,20)/t13-/m1/s1. The molecular weight excluding hydrogens is 355 g/mol. The summed E-state index contributed by atoms with van der Waals surface area (Å²) in [7, 11) is 0. The first-order valence-corrected chi connectivity index (χ1v) is 8.25. The second-order valence-corrected chi connectivity index (χ2v) is 6.73. The van der Waals surface area contributed by atoms with Crippen molar-refractivity contribution < 1.29 is 9.18 Å². The van der Waals surface area contributed by atoms with Gasteiger partial charge in [0.05, 0.1) is 11.6 Å². The first kappa shape index (κ1) is 14.5. The summed E-state index contributed by atoms with van der Waals surface area (Å²) in [6.07, 6.45) is 3.93. The predicted molar refractivity (Wildman–Crippen MR) is 83.9 cm³/mol. The summed E-state index contributed by atoms with van der Waals surface area (Å²) in [6.45, 7) is 0. The first-order valence-electron chi connectivity index (χ1n) is 6.48. The molecule has 0 fully saturated rings. The van der Waals surface area contributed by atoms with E-state index in [1.54, 1.807) is 18.3 Å². The second-order valence-electron chi connectivity index (χ2n) is 4.71. The van der Waals surface area contributed by atoms with Crippen LogP contribution in [0.15, 0.2) is 46.0 Å². The Morgan fingerprint density at radius 2 is 2.29 bits per heavy atom. The summed E-state index contributed by atoms with van der Waals surface area (Å²) in [5.74, 6) is 0.367. The number of pyridine rings is 1. The van der Waals surface area contributed by atoms with Crippen molar-refractivity contribution >= 4 is 33.6 Å². The molecule has 3 rings (SSSR count). The molecule has 0 unspecified atom stereocenters. The van der Waals surface area contributed by atoms with Crippen molar-refractivity contribution in [3.05, 3.63) is 58.1 Å². The molecular formula is C15H12BrFN2OS. The molecule has 0 saturated heterocycles. The van der Waals surface area contributed by atoms with Crippen LogP contribution in [-0.4, -0.2) is 16.6 Å². The molecule has 1 aliphatic heterocycles. The highest BCUT2D eigenvalue weighted by Crippen LogP contribution is 2.37. The number of aromatic nitrogens is 1. The number of nitrogens with one attached hydrogen (secondary N) is 1. The van der Waals surface area contributed by atoms with E-state index in [1.165, 1.54) is 24.0 Å². The van der Waals surface area contributed by atoms with Crippen LogP contribution in [0, 0.1) is 5.82 Å². The van der Waals surface area contributed by atoms with Crippen LogP contribution in [0.4, 0.5) is 4.39 Å². The van der Waals surface area contributed by atoms with Gasteiger partial charge in [0.15, 0.2) is 0 Å². The van der Waals surface area contributed by atoms with Gasteiger partial charge in [-0.15, -0.1) is 11.8 Å². The van der Waals surface area contributed by atoms with Gasteiger partial charge in [-0.05, 0) is 40.0 Å². The van der Waals surface area contributed by atoms with Crippen molar-refractivity contribution in [3.8, 4) is 0 Å². The van der Waals surface area contributed by atoms with E-state index in [4.69, 9.17) is 0 Å². The molecule has 1 N–H and O–H groups in total. The van der Waals surface area contributed by atoms with Crippen molar-refractivity contribution in [2.45, 2.75) is 17.4 Å². The van der Waals surface area contributed by atoms with Gasteiger partial charge in [0.25, 0.3) is 5.91 Å². The van der Waals surface area contributed by atoms with Gasteiger partial charge in [-0.2, -0.15) is 0 Å². The number of carbonyl (C=O) groups is 1. The highest BCUT2D eigenvalue weighted by molar-refractivity contribution is 9.10. The lowest BCUT2D eigenvalue weighted by molar-refractivity contribution is 0.0934. The number of nitrogens with zero attached hydrogens (tertiary/aromatic N) is 1. The summed E-state index contributed by atoms with van der Waals surface area (Å²) >= 11 is 4.79. The van der Waals surface area contributed by atoms with Crippen molar-refractivity contribution in [3.63, 3.8) is 0 Å². The monoisotopic (exact) mass is 366 g/mol. The minimum atomic E-state index is -0.222. The zero-order valence-electron chi connectivity index (χ0n) is 11.0. The molecule has 6 heteroatoms. The maximum absolute atomic E-state index is 13.8. The zero-order valence-corrected chi connectivity index (χ0v) is 13.4. The van der Waals surface area contributed by atoms with Gasteiger partial charge < -0.3 is 5.32 Å². The molecule has 3 nitrogen and oxygen atoms in total. The Kier molecular flexibility index (Phi) is 4.26. The van der Waals surface area contributed by atoms with Gasteiger partial charge in [-0.3, -0.25) is 9.78 Å². The number of amides is 1. The van der Waals surface area contributed by atoms with Crippen molar-refractivity contribution in [2.75, 3.05) is 5.75 Å². The van der Waals surface area contributed by atoms with Crippen LogP contribution in [-0.2, 0) is 0 Å². The Morgan fingerprint density at radius 3 is 3.10 bits per heavy atom. The van der Waals surface area contributed by atoms with Gasteiger partial charge in [0.1, 0.15) is 5.82 Å². The summed E-state index contributed by atoms with van der Waals surface area (Å²) < 4.78 is 14.6. The molecule has 2 heterocycles. The highest BCUT2D eigenvalue weighted by atomic mass is 79.9. The van der Waals surface area contributed by atoms with Gasteiger partial charge in [0, 0.05) is 27.5 Å². The number of thioether (sulfide) groups is 1. The van der Waals surface area contributed by atoms with Crippen LogP contribution >= 0.6 is 27.7 Å². The van der Waals surface area contributed by atoms with E-state index in [0.717, 1.165) is 22.2 Å².